The zero-order valence-corrected chi connectivity index (χ0v) is 12.3. The van der Waals surface area contributed by atoms with Gasteiger partial charge in [-0.15, -0.1) is 0 Å². The van der Waals surface area contributed by atoms with E-state index in [1.165, 1.54) is 12.8 Å². The summed E-state index contributed by atoms with van der Waals surface area (Å²) in [6.45, 7) is 2.50. The van der Waals surface area contributed by atoms with E-state index in [4.69, 9.17) is 15.2 Å². The molecule has 1 aliphatic carbocycles. The lowest BCUT2D eigenvalue weighted by Crippen LogP contribution is -2.14. The third-order valence-electron chi connectivity index (χ3n) is 3.61. The summed E-state index contributed by atoms with van der Waals surface area (Å²) in [7, 11) is 1.62. The van der Waals surface area contributed by atoms with Gasteiger partial charge in [0.1, 0.15) is 5.82 Å². The van der Waals surface area contributed by atoms with E-state index in [0.29, 0.717) is 29.8 Å². The summed E-state index contributed by atoms with van der Waals surface area (Å²) < 4.78 is 10.9. The largest absolute Gasteiger partial charge is 0.493 e. The Morgan fingerprint density at radius 3 is 2.86 bits per heavy atom. The number of aromatic amines is 1. The van der Waals surface area contributed by atoms with Gasteiger partial charge < -0.3 is 15.2 Å². The van der Waals surface area contributed by atoms with Crippen LogP contribution < -0.4 is 15.2 Å². The minimum absolute atomic E-state index is 0.376. The van der Waals surface area contributed by atoms with Crippen molar-refractivity contribution in [2.24, 2.45) is 5.73 Å². The molecular weight excluding hydrogens is 268 g/mol. The van der Waals surface area contributed by atoms with Crippen LogP contribution in [0, 0.1) is 0 Å². The standard InChI is InChI=1S/C15H20N4O2/c1-3-21-12-8-10(6-7-11(12)20-2)13(16)15-17-14(18-19-15)9-4-5-9/h6-9,13H,3-5,16H2,1-2H3,(H,17,18,19). The lowest BCUT2D eigenvalue weighted by atomic mass is 10.1. The SMILES string of the molecule is CCOc1cc(C(N)c2n[nH]c(C3CC3)n2)ccc1OC. The zero-order valence-electron chi connectivity index (χ0n) is 12.3. The molecule has 1 saturated carbocycles. The molecule has 112 valence electrons. The summed E-state index contributed by atoms with van der Waals surface area (Å²) >= 11 is 0. The molecule has 0 radical (unpaired) electrons. The molecule has 1 aromatic carbocycles. The molecule has 0 bridgehead atoms. The number of ether oxygens (including phenoxy) is 2. The molecule has 1 aliphatic rings. The van der Waals surface area contributed by atoms with Gasteiger partial charge in [0, 0.05) is 5.92 Å². The normalized spacial score (nSPS) is 15.8. The molecule has 0 amide bonds. The Balaban J connectivity index is 1.85. The molecule has 1 heterocycles. The lowest BCUT2D eigenvalue weighted by Gasteiger charge is -2.13. The highest BCUT2D eigenvalue weighted by atomic mass is 16.5. The number of H-pyrrole nitrogens is 1. The van der Waals surface area contributed by atoms with Crippen LogP contribution in [-0.4, -0.2) is 28.9 Å². The van der Waals surface area contributed by atoms with Crippen LogP contribution in [0.1, 0.15) is 48.9 Å². The average Bonchev–Trinajstić information content (AvgIpc) is 3.24. The Morgan fingerprint density at radius 1 is 1.38 bits per heavy atom. The monoisotopic (exact) mass is 288 g/mol. The van der Waals surface area contributed by atoms with Gasteiger partial charge >= 0.3 is 0 Å². The number of methoxy groups -OCH3 is 1. The molecular formula is C15H20N4O2. The first kappa shape index (κ1) is 13.9. The van der Waals surface area contributed by atoms with Crippen LogP contribution in [0.3, 0.4) is 0 Å². The molecule has 0 saturated heterocycles. The molecule has 1 fully saturated rings. The first-order valence-electron chi connectivity index (χ1n) is 7.21. The van der Waals surface area contributed by atoms with Gasteiger partial charge in [0.15, 0.2) is 17.3 Å². The Bertz CT molecular complexity index is 622. The van der Waals surface area contributed by atoms with Gasteiger partial charge in [0.25, 0.3) is 0 Å². The van der Waals surface area contributed by atoms with Crippen molar-refractivity contribution in [3.8, 4) is 11.5 Å². The predicted octanol–water partition coefficient (Wildman–Crippen LogP) is 2.14. The van der Waals surface area contributed by atoms with E-state index in [9.17, 15) is 0 Å². The highest BCUT2D eigenvalue weighted by Crippen LogP contribution is 2.38. The maximum absolute atomic E-state index is 6.27. The maximum Gasteiger partial charge on any atom is 0.171 e. The van der Waals surface area contributed by atoms with Crippen molar-refractivity contribution in [2.75, 3.05) is 13.7 Å². The van der Waals surface area contributed by atoms with Gasteiger partial charge in [-0.1, -0.05) is 6.07 Å². The molecule has 0 aliphatic heterocycles. The van der Waals surface area contributed by atoms with Crippen LogP contribution in [-0.2, 0) is 0 Å². The van der Waals surface area contributed by atoms with Crippen molar-refractivity contribution in [2.45, 2.75) is 31.7 Å². The Labute approximate surface area is 123 Å². The minimum atomic E-state index is -0.376. The van der Waals surface area contributed by atoms with Gasteiger partial charge in [-0.25, -0.2) is 4.98 Å². The third kappa shape index (κ3) is 2.85. The first-order chi connectivity index (χ1) is 10.2. The number of aromatic nitrogens is 3. The van der Waals surface area contributed by atoms with Crippen LogP contribution in [0.4, 0.5) is 0 Å². The summed E-state index contributed by atoms with van der Waals surface area (Å²) in [6, 6.07) is 5.28. The topological polar surface area (TPSA) is 86.0 Å². The molecule has 1 aromatic heterocycles. The van der Waals surface area contributed by atoms with Crippen molar-refractivity contribution in [3.05, 3.63) is 35.4 Å². The first-order valence-corrected chi connectivity index (χ1v) is 7.21. The fraction of sp³-hybridized carbons (Fsp3) is 0.467. The molecule has 0 spiro atoms. The van der Waals surface area contributed by atoms with Crippen molar-refractivity contribution in [1.82, 2.24) is 15.2 Å². The summed E-state index contributed by atoms with van der Waals surface area (Å²) in [5, 5.41) is 7.22. The van der Waals surface area contributed by atoms with Gasteiger partial charge in [-0.2, -0.15) is 5.10 Å². The predicted molar refractivity (Wildman–Crippen MR) is 78.6 cm³/mol. The van der Waals surface area contributed by atoms with Gasteiger partial charge in [-0.05, 0) is 37.5 Å². The molecule has 6 heteroatoms. The number of rotatable bonds is 6. The van der Waals surface area contributed by atoms with Crippen LogP contribution in [0.25, 0.3) is 0 Å². The van der Waals surface area contributed by atoms with Crippen LogP contribution in [0.5, 0.6) is 11.5 Å². The maximum atomic E-state index is 6.27. The molecule has 21 heavy (non-hydrogen) atoms. The van der Waals surface area contributed by atoms with Gasteiger partial charge in [0.05, 0.1) is 19.8 Å². The van der Waals surface area contributed by atoms with E-state index < -0.39 is 0 Å². The van der Waals surface area contributed by atoms with E-state index in [1.807, 2.05) is 25.1 Å². The second kappa shape index (κ2) is 5.73. The molecule has 1 unspecified atom stereocenters. The molecule has 3 rings (SSSR count). The lowest BCUT2D eigenvalue weighted by molar-refractivity contribution is 0.310. The molecule has 1 atom stereocenters. The molecule has 2 aromatic rings. The van der Waals surface area contributed by atoms with E-state index in [0.717, 1.165) is 11.4 Å². The van der Waals surface area contributed by atoms with Crippen molar-refractivity contribution in [3.63, 3.8) is 0 Å². The van der Waals surface area contributed by atoms with E-state index >= 15 is 0 Å². The second-order valence-corrected chi connectivity index (χ2v) is 5.17. The summed E-state index contributed by atoms with van der Waals surface area (Å²) in [4.78, 5) is 4.50. The average molecular weight is 288 g/mol. The van der Waals surface area contributed by atoms with Crippen molar-refractivity contribution < 1.29 is 9.47 Å². The summed E-state index contributed by atoms with van der Waals surface area (Å²) in [6.07, 6.45) is 2.36. The van der Waals surface area contributed by atoms with E-state index in [-0.39, 0.29) is 6.04 Å². The smallest absolute Gasteiger partial charge is 0.171 e. The van der Waals surface area contributed by atoms with Crippen LogP contribution >= 0.6 is 0 Å². The Hall–Kier alpha value is -2.08. The highest BCUT2D eigenvalue weighted by Gasteiger charge is 2.28. The quantitative estimate of drug-likeness (QED) is 0.850. The minimum Gasteiger partial charge on any atom is -0.493 e. The van der Waals surface area contributed by atoms with Gasteiger partial charge in [-0.3, -0.25) is 5.10 Å². The molecule has 6 nitrogen and oxygen atoms in total. The van der Waals surface area contributed by atoms with E-state index in [1.54, 1.807) is 7.11 Å². The summed E-state index contributed by atoms with van der Waals surface area (Å²) in [5.41, 5.74) is 7.17. The Morgan fingerprint density at radius 2 is 2.19 bits per heavy atom. The number of nitrogens with two attached hydrogens (primary N) is 1. The number of hydrogen-bond acceptors (Lipinski definition) is 5. The number of nitrogens with one attached hydrogen (secondary N) is 1. The van der Waals surface area contributed by atoms with Crippen LogP contribution in [0.15, 0.2) is 18.2 Å². The second-order valence-electron chi connectivity index (χ2n) is 5.17. The summed E-state index contributed by atoms with van der Waals surface area (Å²) in [5.74, 6) is 3.48. The highest BCUT2D eigenvalue weighted by molar-refractivity contribution is 5.44. The fourth-order valence-corrected chi connectivity index (χ4v) is 2.27. The van der Waals surface area contributed by atoms with Crippen molar-refractivity contribution >= 4 is 0 Å². The fourth-order valence-electron chi connectivity index (χ4n) is 2.27. The number of nitrogens with zero attached hydrogens (tertiary/aromatic N) is 2. The van der Waals surface area contributed by atoms with E-state index in [2.05, 4.69) is 15.2 Å². The Kier molecular flexibility index (Phi) is 3.79. The third-order valence-corrected chi connectivity index (χ3v) is 3.61. The number of hydrogen-bond donors (Lipinski definition) is 2. The number of benzene rings is 1. The zero-order chi connectivity index (χ0) is 14.8. The van der Waals surface area contributed by atoms with Gasteiger partial charge in [0.2, 0.25) is 0 Å². The molecule has 3 N–H and O–H groups in total. The van der Waals surface area contributed by atoms with Crippen molar-refractivity contribution in [1.29, 1.82) is 0 Å². The van der Waals surface area contributed by atoms with Crippen LogP contribution in [0.2, 0.25) is 0 Å².